The predicted molar refractivity (Wildman–Crippen MR) is 76.4 cm³/mol. The van der Waals surface area contributed by atoms with Crippen molar-refractivity contribution >= 4 is 11.4 Å². The molecule has 0 aromatic heterocycles. The van der Waals surface area contributed by atoms with Gasteiger partial charge in [-0.05, 0) is 42.0 Å². The Morgan fingerprint density at radius 2 is 2.00 bits per heavy atom. The molecule has 0 aliphatic carbocycles. The molecule has 0 atom stereocenters. The van der Waals surface area contributed by atoms with Gasteiger partial charge in [-0.15, -0.1) is 0 Å². The van der Waals surface area contributed by atoms with Gasteiger partial charge in [0.2, 0.25) is 0 Å². The van der Waals surface area contributed by atoms with E-state index in [0.29, 0.717) is 11.3 Å². The number of nitrogens with one attached hydrogen (secondary N) is 1. The monoisotopic (exact) mass is 284 g/mol. The first-order chi connectivity index (χ1) is 10.1. The van der Waals surface area contributed by atoms with Gasteiger partial charge in [0, 0.05) is 6.07 Å². The van der Waals surface area contributed by atoms with E-state index < -0.39 is 4.92 Å². The Morgan fingerprint density at radius 3 is 2.57 bits per heavy atom. The third kappa shape index (κ3) is 3.46. The van der Waals surface area contributed by atoms with E-state index in [1.54, 1.807) is 36.4 Å². The molecule has 7 nitrogen and oxygen atoms in total. The first-order valence-electron chi connectivity index (χ1n) is 6.01. The molecular formula is C14H12N4O3. The summed E-state index contributed by atoms with van der Waals surface area (Å²) < 4.78 is 5.54. The second-order valence-corrected chi connectivity index (χ2v) is 4.18. The van der Waals surface area contributed by atoms with E-state index in [1.165, 1.54) is 6.07 Å². The van der Waals surface area contributed by atoms with Crippen molar-refractivity contribution < 1.29 is 9.66 Å². The van der Waals surface area contributed by atoms with Gasteiger partial charge in [0.1, 0.15) is 18.0 Å². The molecule has 0 aliphatic heterocycles. The van der Waals surface area contributed by atoms with E-state index in [4.69, 9.17) is 15.8 Å². The molecule has 0 spiro atoms. The van der Waals surface area contributed by atoms with Crippen LogP contribution in [-0.4, -0.2) is 4.92 Å². The van der Waals surface area contributed by atoms with Gasteiger partial charge in [-0.2, -0.15) is 5.26 Å². The number of nitrogen functional groups attached to an aromatic ring is 1. The summed E-state index contributed by atoms with van der Waals surface area (Å²) in [7, 11) is 0. The van der Waals surface area contributed by atoms with E-state index in [9.17, 15) is 10.1 Å². The standard InChI is InChI=1S/C14H12N4O3/c15-8-10-1-4-12(5-2-10)21-9-11-3-6-14(18(19)20)13(7-11)17-16/h1-7,17H,9,16H2. The van der Waals surface area contributed by atoms with Gasteiger partial charge in [-0.1, -0.05) is 0 Å². The minimum absolute atomic E-state index is 0.0976. The van der Waals surface area contributed by atoms with E-state index >= 15 is 0 Å². The summed E-state index contributed by atoms with van der Waals surface area (Å²) in [5, 5.41) is 19.5. The first kappa shape index (κ1) is 14.3. The summed E-state index contributed by atoms with van der Waals surface area (Å²) in [5.41, 5.74) is 3.71. The SMILES string of the molecule is N#Cc1ccc(OCc2ccc([N+](=O)[O-])c(NN)c2)cc1. The molecule has 0 radical (unpaired) electrons. The number of rotatable bonds is 5. The second kappa shape index (κ2) is 6.36. The van der Waals surface area contributed by atoms with Crippen LogP contribution >= 0.6 is 0 Å². The fourth-order valence-electron chi connectivity index (χ4n) is 1.74. The van der Waals surface area contributed by atoms with Crippen LogP contribution < -0.4 is 16.0 Å². The van der Waals surface area contributed by atoms with Gasteiger partial charge in [0.25, 0.3) is 5.69 Å². The zero-order valence-corrected chi connectivity index (χ0v) is 10.9. The van der Waals surface area contributed by atoms with Crippen LogP contribution in [0.1, 0.15) is 11.1 Å². The van der Waals surface area contributed by atoms with Gasteiger partial charge in [-0.25, -0.2) is 0 Å². The van der Waals surface area contributed by atoms with E-state index in [0.717, 1.165) is 5.56 Å². The molecule has 21 heavy (non-hydrogen) atoms. The molecule has 0 bridgehead atoms. The third-order valence-corrected chi connectivity index (χ3v) is 2.80. The smallest absolute Gasteiger partial charge is 0.293 e. The number of anilines is 1. The summed E-state index contributed by atoms with van der Waals surface area (Å²) in [6, 6.07) is 13.2. The Morgan fingerprint density at radius 1 is 1.29 bits per heavy atom. The highest BCUT2D eigenvalue weighted by Gasteiger charge is 2.13. The van der Waals surface area contributed by atoms with Crippen molar-refractivity contribution in [2.24, 2.45) is 5.84 Å². The Hall–Kier alpha value is -3.11. The summed E-state index contributed by atoms with van der Waals surface area (Å²) in [6.45, 7) is 0.235. The van der Waals surface area contributed by atoms with Gasteiger partial charge < -0.3 is 10.2 Å². The highest BCUT2D eigenvalue weighted by atomic mass is 16.6. The van der Waals surface area contributed by atoms with Crippen molar-refractivity contribution in [3.63, 3.8) is 0 Å². The summed E-state index contributed by atoms with van der Waals surface area (Å²) >= 11 is 0. The number of hydrazine groups is 1. The highest BCUT2D eigenvalue weighted by Crippen LogP contribution is 2.25. The molecule has 2 rings (SSSR count). The van der Waals surface area contributed by atoms with E-state index in [-0.39, 0.29) is 18.0 Å². The minimum Gasteiger partial charge on any atom is -0.489 e. The van der Waals surface area contributed by atoms with Crippen LogP contribution in [0.4, 0.5) is 11.4 Å². The van der Waals surface area contributed by atoms with Crippen LogP contribution in [-0.2, 0) is 6.61 Å². The number of nitro groups is 1. The van der Waals surface area contributed by atoms with Crippen LogP contribution in [0.3, 0.4) is 0 Å². The summed E-state index contributed by atoms with van der Waals surface area (Å²) in [4.78, 5) is 10.3. The van der Waals surface area contributed by atoms with Crippen molar-refractivity contribution in [3.05, 3.63) is 63.7 Å². The number of nitrogens with two attached hydrogens (primary N) is 1. The Balaban J connectivity index is 2.09. The number of hydrogen-bond acceptors (Lipinski definition) is 6. The lowest BCUT2D eigenvalue weighted by atomic mass is 10.2. The normalized spacial score (nSPS) is 9.71. The molecule has 0 heterocycles. The molecule has 0 saturated heterocycles. The molecule has 7 heteroatoms. The van der Waals surface area contributed by atoms with E-state index in [2.05, 4.69) is 5.43 Å². The number of nitro benzene ring substituents is 1. The molecular weight excluding hydrogens is 272 g/mol. The van der Waals surface area contributed by atoms with Crippen LogP contribution in [0.15, 0.2) is 42.5 Å². The summed E-state index contributed by atoms with van der Waals surface area (Å²) in [6.07, 6.45) is 0. The molecule has 0 unspecified atom stereocenters. The lowest BCUT2D eigenvalue weighted by Crippen LogP contribution is -2.09. The maximum atomic E-state index is 10.8. The number of nitrogens with zero attached hydrogens (tertiary/aromatic N) is 2. The van der Waals surface area contributed by atoms with Crippen molar-refractivity contribution in [3.8, 4) is 11.8 Å². The van der Waals surface area contributed by atoms with Gasteiger partial charge in [0.05, 0.1) is 16.6 Å². The topological polar surface area (TPSA) is 114 Å². The predicted octanol–water partition coefficient (Wildman–Crippen LogP) is 2.33. The number of nitriles is 1. The van der Waals surface area contributed by atoms with Crippen LogP contribution in [0.5, 0.6) is 5.75 Å². The molecule has 3 N–H and O–H groups in total. The lowest BCUT2D eigenvalue weighted by Gasteiger charge is -2.08. The van der Waals surface area contributed by atoms with Crippen LogP contribution in [0, 0.1) is 21.4 Å². The zero-order chi connectivity index (χ0) is 15.2. The zero-order valence-electron chi connectivity index (χ0n) is 10.9. The first-order valence-corrected chi connectivity index (χ1v) is 6.01. The number of benzene rings is 2. The fraction of sp³-hybridized carbons (Fsp3) is 0.0714. The number of hydrogen-bond donors (Lipinski definition) is 2. The van der Waals surface area contributed by atoms with Crippen molar-refractivity contribution in [1.82, 2.24) is 0 Å². The maximum absolute atomic E-state index is 10.8. The largest absolute Gasteiger partial charge is 0.489 e. The molecule has 0 saturated carbocycles. The quantitative estimate of drug-likeness (QED) is 0.494. The summed E-state index contributed by atoms with van der Waals surface area (Å²) in [5.74, 6) is 5.88. The maximum Gasteiger partial charge on any atom is 0.293 e. The van der Waals surface area contributed by atoms with Gasteiger partial charge in [-0.3, -0.25) is 16.0 Å². The fourth-order valence-corrected chi connectivity index (χ4v) is 1.74. The Labute approximate surface area is 120 Å². The molecule has 0 aliphatic rings. The van der Waals surface area contributed by atoms with Crippen LogP contribution in [0.25, 0.3) is 0 Å². The second-order valence-electron chi connectivity index (χ2n) is 4.18. The minimum atomic E-state index is -0.513. The third-order valence-electron chi connectivity index (χ3n) is 2.80. The van der Waals surface area contributed by atoms with Gasteiger partial charge >= 0.3 is 0 Å². The molecule has 2 aromatic carbocycles. The molecule has 0 fully saturated rings. The Kier molecular flexibility index (Phi) is 4.33. The van der Waals surface area contributed by atoms with Crippen molar-refractivity contribution in [1.29, 1.82) is 5.26 Å². The molecule has 106 valence electrons. The number of ether oxygens (including phenoxy) is 1. The van der Waals surface area contributed by atoms with Crippen LogP contribution in [0.2, 0.25) is 0 Å². The van der Waals surface area contributed by atoms with Crippen molar-refractivity contribution in [2.45, 2.75) is 6.61 Å². The Bertz CT molecular complexity index is 692. The molecule has 0 amide bonds. The van der Waals surface area contributed by atoms with Crippen molar-refractivity contribution in [2.75, 3.05) is 5.43 Å². The lowest BCUT2D eigenvalue weighted by molar-refractivity contribution is -0.384. The average Bonchev–Trinajstić information content (AvgIpc) is 2.52. The highest BCUT2D eigenvalue weighted by molar-refractivity contribution is 5.62. The average molecular weight is 284 g/mol. The molecule has 2 aromatic rings. The van der Waals surface area contributed by atoms with Gasteiger partial charge in [0.15, 0.2) is 0 Å². The van der Waals surface area contributed by atoms with E-state index in [1.807, 2.05) is 6.07 Å².